The van der Waals surface area contributed by atoms with E-state index < -0.39 is 6.10 Å². The first kappa shape index (κ1) is 25.6. The molecule has 1 atom stereocenters. The Bertz CT molecular complexity index is 1490. The largest absolute Gasteiger partial charge is 0.490 e. The van der Waals surface area contributed by atoms with E-state index in [2.05, 4.69) is 15.3 Å². The summed E-state index contributed by atoms with van der Waals surface area (Å²) >= 11 is 6.00. The molecule has 0 fully saturated rings. The van der Waals surface area contributed by atoms with Gasteiger partial charge in [-0.3, -0.25) is 4.79 Å². The number of carbonyl (C=O) groups is 1. The molecule has 0 radical (unpaired) electrons. The zero-order valence-electron chi connectivity index (χ0n) is 21.6. The molecule has 0 unspecified atom stereocenters. The van der Waals surface area contributed by atoms with Gasteiger partial charge in [-0.2, -0.15) is 0 Å². The minimum Gasteiger partial charge on any atom is -0.490 e. The first-order valence-corrected chi connectivity index (χ1v) is 12.7. The van der Waals surface area contributed by atoms with Gasteiger partial charge in [-0.05, 0) is 76.2 Å². The molecule has 0 bridgehead atoms. The van der Waals surface area contributed by atoms with Crippen molar-refractivity contribution in [2.75, 3.05) is 11.9 Å². The third-order valence-electron chi connectivity index (χ3n) is 5.90. The summed E-state index contributed by atoms with van der Waals surface area (Å²) in [5.41, 5.74) is 2.68. The maximum atomic E-state index is 12.9. The van der Waals surface area contributed by atoms with Crippen LogP contribution in [0.1, 0.15) is 33.3 Å². The molecule has 196 valence electrons. The predicted molar refractivity (Wildman–Crippen MR) is 146 cm³/mol. The number of fused-ring (bicyclic) bond motifs is 2. The van der Waals surface area contributed by atoms with Crippen LogP contribution in [0.3, 0.4) is 0 Å². The number of nitrogens with zero attached hydrogens (tertiary/aromatic N) is 2. The Morgan fingerprint density at radius 3 is 2.63 bits per heavy atom. The molecule has 9 heteroatoms. The van der Waals surface area contributed by atoms with Gasteiger partial charge in [-0.15, -0.1) is 0 Å². The first-order chi connectivity index (χ1) is 18.2. The fourth-order valence-corrected chi connectivity index (χ4v) is 4.40. The van der Waals surface area contributed by atoms with E-state index in [4.69, 9.17) is 30.5 Å². The quantitative estimate of drug-likeness (QED) is 0.273. The average molecular weight is 534 g/mol. The smallest absolute Gasteiger partial charge is 0.265 e. The van der Waals surface area contributed by atoms with Gasteiger partial charge in [0.05, 0.1) is 23.8 Å². The van der Waals surface area contributed by atoms with Gasteiger partial charge in [0.25, 0.3) is 5.91 Å². The Hall–Kier alpha value is -4.04. The van der Waals surface area contributed by atoms with Crippen LogP contribution in [0, 0.1) is 0 Å². The predicted octanol–water partition coefficient (Wildman–Crippen LogP) is 6.59. The third-order valence-corrected chi connectivity index (χ3v) is 6.14. The molecular formula is C29H28ClN3O5. The maximum absolute atomic E-state index is 12.9. The second kappa shape index (κ2) is 10.4. The Labute approximate surface area is 225 Å². The molecule has 5 rings (SSSR count). The first-order valence-electron chi connectivity index (χ1n) is 12.4. The van der Waals surface area contributed by atoms with Gasteiger partial charge < -0.3 is 24.3 Å². The van der Waals surface area contributed by atoms with Gasteiger partial charge in [-0.1, -0.05) is 11.6 Å². The lowest BCUT2D eigenvalue weighted by molar-refractivity contribution is -0.122. The van der Waals surface area contributed by atoms with E-state index in [1.54, 1.807) is 61.7 Å². The number of hydrogen-bond donors (Lipinski definition) is 1. The van der Waals surface area contributed by atoms with Gasteiger partial charge in [0, 0.05) is 28.8 Å². The summed E-state index contributed by atoms with van der Waals surface area (Å²) in [5.74, 6) is 2.52. The molecule has 0 saturated heterocycles. The maximum Gasteiger partial charge on any atom is 0.265 e. The summed E-state index contributed by atoms with van der Waals surface area (Å²) in [6.45, 7) is 8.15. The van der Waals surface area contributed by atoms with Crippen molar-refractivity contribution in [3.05, 3.63) is 71.4 Å². The Kier molecular flexibility index (Phi) is 6.99. The molecule has 3 aromatic carbocycles. The minimum atomic E-state index is -0.739. The molecule has 1 aliphatic heterocycles. The summed E-state index contributed by atoms with van der Waals surface area (Å²) in [6, 6.07) is 15.9. The summed E-state index contributed by atoms with van der Waals surface area (Å²) < 4.78 is 23.5. The van der Waals surface area contributed by atoms with E-state index in [1.807, 2.05) is 26.8 Å². The highest BCUT2D eigenvalue weighted by Gasteiger charge is 2.33. The lowest BCUT2D eigenvalue weighted by Crippen LogP contribution is -2.30. The van der Waals surface area contributed by atoms with Crippen molar-refractivity contribution < 1.29 is 23.7 Å². The number of rotatable bonds is 8. The molecule has 1 aliphatic rings. The third kappa shape index (κ3) is 5.75. The zero-order chi connectivity index (χ0) is 26.9. The van der Waals surface area contributed by atoms with Crippen LogP contribution in [0.15, 0.2) is 60.8 Å². The van der Waals surface area contributed by atoms with Crippen LogP contribution < -0.4 is 24.3 Å². The van der Waals surface area contributed by atoms with E-state index in [9.17, 15) is 4.79 Å². The number of amides is 1. The normalized spacial score (nSPS) is 14.3. The fraction of sp³-hybridized carbons (Fsp3) is 0.276. The van der Waals surface area contributed by atoms with Crippen molar-refractivity contribution in [1.82, 2.24) is 9.97 Å². The van der Waals surface area contributed by atoms with Crippen LogP contribution in [-0.2, 0) is 11.2 Å². The Balaban J connectivity index is 1.21. The summed E-state index contributed by atoms with van der Waals surface area (Å²) in [4.78, 5) is 21.7. The Morgan fingerprint density at radius 1 is 1.11 bits per heavy atom. The van der Waals surface area contributed by atoms with Crippen LogP contribution in [0.2, 0.25) is 5.02 Å². The molecular weight excluding hydrogens is 506 g/mol. The van der Waals surface area contributed by atoms with Gasteiger partial charge in [-0.25, -0.2) is 9.97 Å². The number of aromatic nitrogens is 2. The molecule has 38 heavy (non-hydrogen) atoms. The number of halogens is 1. The number of benzene rings is 3. The van der Waals surface area contributed by atoms with Crippen molar-refractivity contribution in [3.63, 3.8) is 0 Å². The van der Waals surface area contributed by atoms with Crippen LogP contribution in [0.4, 0.5) is 5.69 Å². The van der Waals surface area contributed by atoms with Crippen molar-refractivity contribution in [3.8, 4) is 28.9 Å². The van der Waals surface area contributed by atoms with E-state index in [0.29, 0.717) is 51.5 Å². The molecule has 1 amide bonds. The molecule has 1 N–H and O–H groups in total. The Morgan fingerprint density at radius 2 is 1.87 bits per heavy atom. The van der Waals surface area contributed by atoms with Gasteiger partial charge in [0.2, 0.25) is 5.88 Å². The highest BCUT2D eigenvalue weighted by atomic mass is 35.5. The molecule has 8 nitrogen and oxygen atoms in total. The van der Waals surface area contributed by atoms with Gasteiger partial charge in [0.15, 0.2) is 17.6 Å². The fourth-order valence-electron chi connectivity index (χ4n) is 4.24. The second-order valence-electron chi connectivity index (χ2n) is 9.60. The van der Waals surface area contributed by atoms with Crippen molar-refractivity contribution in [2.45, 2.75) is 45.8 Å². The number of anilines is 1. The van der Waals surface area contributed by atoms with E-state index in [0.717, 1.165) is 17.7 Å². The summed E-state index contributed by atoms with van der Waals surface area (Å²) in [6.07, 6.45) is 1.53. The van der Waals surface area contributed by atoms with Crippen molar-refractivity contribution >= 4 is 34.2 Å². The lowest BCUT2D eigenvalue weighted by Gasteiger charge is -2.18. The monoisotopic (exact) mass is 533 g/mol. The molecule has 0 spiro atoms. The average Bonchev–Trinajstić information content (AvgIpc) is 3.19. The zero-order valence-corrected chi connectivity index (χ0v) is 22.3. The lowest BCUT2D eigenvalue weighted by atomic mass is 10.0. The summed E-state index contributed by atoms with van der Waals surface area (Å²) in [7, 11) is 0. The second-order valence-corrected chi connectivity index (χ2v) is 10.0. The number of nitrogens with one attached hydrogen (secondary N) is 1. The minimum absolute atomic E-state index is 0.280. The number of carbonyl (C=O) groups excluding carboxylic acids is 1. The number of ether oxygens (including phenoxy) is 4. The van der Waals surface area contributed by atoms with Crippen LogP contribution in [0.5, 0.6) is 28.9 Å². The van der Waals surface area contributed by atoms with Crippen molar-refractivity contribution in [2.24, 2.45) is 0 Å². The highest BCUT2D eigenvalue weighted by Crippen LogP contribution is 2.44. The molecule has 0 aliphatic carbocycles. The molecule has 1 aromatic heterocycles. The molecule has 4 aromatic rings. The topological polar surface area (TPSA) is 91.8 Å². The molecule has 2 heterocycles. The van der Waals surface area contributed by atoms with E-state index >= 15 is 0 Å². The highest BCUT2D eigenvalue weighted by molar-refractivity contribution is 6.31. The van der Waals surface area contributed by atoms with Crippen LogP contribution >= 0.6 is 11.6 Å². The standard InChI is InChI=1S/C29H28ClN3O5/c1-5-35-25-14-20(12-18-15-29(3,4)38-27(18)25)32-28(34)17(2)36-21-7-9-22(10-8-21)37-26-16-31-24-13-19(30)6-11-23(24)33-26/h6-14,16-17H,5,15H2,1-4H3,(H,32,34)/t17-/m1/s1. The van der Waals surface area contributed by atoms with Crippen LogP contribution in [0.25, 0.3) is 11.0 Å². The van der Waals surface area contributed by atoms with Crippen molar-refractivity contribution in [1.29, 1.82) is 0 Å². The van der Waals surface area contributed by atoms with Crippen LogP contribution in [-0.4, -0.2) is 34.2 Å². The van der Waals surface area contributed by atoms with Gasteiger partial charge >= 0.3 is 0 Å². The van der Waals surface area contributed by atoms with E-state index in [-0.39, 0.29) is 11.5 Å². The van der Waals surface area contributed by atoms with E-state index in [1.165, 1.54) is 0 Å². The SMILES string of the molecule is CCOc1cc(NC(=O)[C@@H](C)Oc2ccc(Oc3cnc4cc(Cl)ccc4n3)cc2)cc2c1OC(C)(C)C2. The summed E-state index contributed by atoms with van der Waals surface area (Å²) in [5, 5.41) is 3.53. The van der Waals surface area contributed by atoms with Gasteiger partial charge in [0.1, 0.15) is 17.1 Å². The number of hydrogen-bond acceptors (Lipinski definition) is 7. The molecule has 0 saturated carbocycles.